The number of carbonyl (C=O) groups is 1. The molecule has 0 aromatic rings. The second kappa shape index (κ2) is 4.44. The van der Waals surface area contributed by atoms with Crippen molar-refractivity contribution in [1.82, 2.24) is 0 Å². The number of rotatable bonds is 3. The Morgan fingerprint density at radius 1 is 1.67 bits per heavy atom. The normalized spacial score (nSPS) is 25.0. The van der Waals surface area contributed by atoms with E-state index < -0.39 is 0 Å². The monoisotopic (exact) mass is 166 g/mol. The van der Waals surface area contributed by atoms with Crippen LogP contribution < -0.4 is 0 Å². The summed E-state index contributed by atoms with van der Waals surface area (Å²) in [5.74, 6) is 0.846. The SMILES string of the molecule is CC=C(CC)CC1CCCC1=O. The standard InChI is InChI=1S/C11H18O/c1-3-9(4-2)8-10-6-5-7-11(10)12/h3,10H,4-8H2,1-2H3. The van der Waals surface area contributed by atoms with Gasteiger partial charge in [-0.3, -0.25) is 4.79 Å². The van der Waals surface area contributed by atoms with Crippen LogP contribution in [0.2, 0.25) is 0 Å². The van der Waals surface area contributed by atoms with Crippen molar-refractivity contribution in [3.8, 4) is 0 Å². The fourth-order valence-electron chi connectivity index (χ4n) is 1.89. The molecule has 0 aliphatic heterocycles. The van der Waals surface area contributed by atoms with Crippen molar-refractivity contribution in [3.05, 3.63) is 11.6 Å². The zero-order valence-electron chi connectivity index (χ0n) is 8.10. The number of hydrogen-bond donors (Lipinski definition) is 0. The summed E-state index contributed by atoms with van der Waals surface area (Å²) in [6, 6.07) is 0. The van der Waals surface area contributed by atoms with Crippen LogP contribution in [-0.4, -0.2) is 5.78 Å². The van der Waals surface area contributed by atoms with Crippen molar-refractivity contribution in [2.24, 2.45) is 5.92 Å². The smallest absolute Gasteiger partial charge is 0.136 e. The highest BCUT2D eigenvalue weighted by atomic mass is 16.1. The fourth-order valence-corrected chi connectivity index (χ4v) is 1.89. The van der Waals surface area contributed by atoms with E-state index in [0.717, 1.165) is 32.1 Å². The lowest BCUT2D eigenvalue weighted by atomic mass is 9.96. The first-order chi connectivity index (χ1) is 5.77. The molecule has 0 radical (unpaired) electrons. The van der Waals surface area contributed by atoms with E-state index in [1.54, 1.807) is 0 Å². The van der Waals surface area contributed by atoms with Gasteiger partial charge in [0.1, 0.15) is 5.78 Å². The third-order valence-corrected chi connectivity index (χ3v) is 2.80. The van der Waals surface area contributed by atoms with Crippen LogP contribution in [0.25, 0.3) is 0 Å². The molecule has 1 heteroatoms. The Morgan fingerprint density at radius 2 is 2.42 bits per heavy atom. The molecule has 1 aliphatic carbocycles. The van der Waals surface area contributed by atoms with Gasteiger partial charge in [-0.2, -0.15) is 0 Å². The number of carbonyl (C=O) groups excluding carboxylic acids is 1. The van der Waals surface area contributed by atoms with Gasteiger partial charge in [0.2, 0.25) is 0 Å². The minimum Gasteiger partial charge on any atom is -0.299 e. The zero-order chi connectivity index (χ0) is 8.97. The van der Waals surface area contributed by atoms with Crippen LogP contribution in [0.4, 0.5) is 0 Å². The summed E-state index contributed by atoms with van der Waals surface area (Å²) in [5, 5.41) is 0. The summed E-state index contributed by atoms with van der Waals surface area (Å²) in [6.45, 7) is 4.23. The van der Waals surface area contributed by atoms with Gasteiger partial charge in [0.15, 0.2) is 0 Å². The van der Waals surface area contributed by atoms with Crippen molar-refractivity contribution in [2.75, 3.05) is 0 Å². The van der Waals surface area contributed by atoms with Gasteiger partial charge < -0.3 is 0 Å². The molecule has 0 bridgehead atoms. The highest BCUT2D eigenvalue weighted by molar-refractivity contribution is 5.83. The molecule has 1 nitrogen and oxygen atoms in total. The summed E-state index contributed by atoms with van der Waals surface area (Å²) >= 11 is 0. The quantitative estimate of drug-likeness (QED) is 0.589. The Bertz CT molecular complexity index is 191. The number of allylic oxidation sites excluding steroid dienone is 2. The van der Waals surface area contributed by atoms with Crippen molar-refractivity contribution >= 4 is 5.78 Å². The molecule has 68 valence electrons. The Balaban J connectivity index is 2.44. The average molecular weight is 166 g/mol. The van der Waals surface area contributed by atoms with E-state index in [1.807, 2.05) is 0 Å². The molecule has 1 rings (SSSR count). The molecule has 1 atom stereocenters. The van der Waals surface area contributed by atoms with Gasteiger partial charge in [0.25, 0.3) is 0 Å². The zero-order valence-corrected chi connectivity index (χ0v) is 8.10. The number of hydrogen-bond acceptors (Lipinski definition) is 1. The van der Waals surface area contributed by atoms with Gasteiger partial charge >= 0.3 is 0 Å². The van der Waals surface area contributed by atoms with Crippen LogP contribution in [0.1, 0.15) is 46.0 Å². The topological polar surface area (TPSA) is 17.1 Å². The first-order valence-corrected chi connectivity index (χ1v) is 4.94. The largest absolute Gasteiger partial charge is 0.299 e. The molecule has 0 spiro atoms. The number of Topliss-reactive ketones (excluding diaryl/α,β-unsaturated/α-hetero) is 1. The van der Waals surface area contributed by atoms with Crippen LogP contribution in [-0.2, 0) is 4.79 Å². The lowest BCUT2D eigenvalue weighted by Crippen LogP contribution is -2.06. The van der Waals surface area contributed by atoms with Gasteiger partial charge in [0, 0.05) is 12.3 Å². The molecule has 1 fully saturated rings. The molecule has 0 heterocycles. The maximum absolute atomic E-state index is 11.3. The summed E-state index contributed by atoms with van der Waals surface area (Å²) in [7, 11) is 0. The number of ketones is 1. The van der Waals surface area contributed by atoms with E-state index in [4.69, 9.17) is 0 Å². The minimum absolute atomic E-state index is 0.358. The third-order valence-electron chi connectivity index (χ3n) is 2.80. The van der Waals surface area contributed by atoms with Crippen molar-refractivity contribution in [1.29, 1.82) is 0 Å². The highest BCUT2D eigenvalue weighted by Gasteiger charge is 2.24. The van der Waals surface area contributed by atoms with Crippen molar-refractivity contribution < 1.29 is 4.79 Å². The van der Waals surface area contributed by atoms with E-state index in [-0.39, 0.29) is 0 Å². The predicted octanol–water partition coefficient (Wildman–Crippen LogP) is 3.10. The molecular formula is C11H18O. The first kappa shape index (κ1) is 9.50. The molecule has 1 aliphatic rings. The van der Waals surface area contributed by atoms with E-state index in [0.29, 0.717) is 11.7 Å². The molecule has 0 amide bonds. The van der Waals surface area contributed by atoms with Crippen molar-refractivity contribution in [2.45, 2.75) is 46.0 Å². The molecule has 1 unspecified atom stereocenters. The Hall–Kier alpha value is -0.590. The molecular weight excluding hydrogens is 148 g/mol. The molecule has 1 saturated carbocycles. The van der Waals surface area contributed by atoms with Gasteiger partial charge in [-0.15, -0.1) is 0 Å². The Morgan fingerprint density at radius 3 is 2.83 bits per heavy atom. The summed E-state index contributed by atoms with van der Waals surface area (Å²) < 4.78 is 0. The van der Waals surface area contributed by atoms with Crippen LogP contribution >= 0.6 is 0 Å². The van der Waals surface area contributed by atoms with Gasteiger partial charge in [-0.1, -0.05) is 18.6 Å². The van der Waals surface area contributed by atoms with E-state index >= 15 is 0 Å². The minimum atomic E-state index is 0.358. The second-order valence-electron chi connectivity index (χ2n) is 3.56. The first-order valence-electron chi connectivity index (χ1n) is 4.94. The summed E-state index contributed by atoms with van der Waals surface area (Å²) in [4.78, 5) is 11.3. The molecule has 0 aromatic carbocycles. The van der Waals surface area contributed by atoms with Gasteiger partial charge in [0.05, 0.1) is 0 Å². The van der Waals surface area contributed by atoms with E-state index in [1.165, 1.54) is 5.57 Å². The predicted molar refractivity (Wildman–Crippen MR) is 51.0 cm³/mol. The van der Waals surface area contributed by atoms with Gasteiger partial charge in [-0.25, -0.2) is 0 Å². The Kier molecular flexibility index (Phi) is 3.51. The lowest BCUT2D eigenvalue weighted by Gasteiger charge is -2.09. The molecule has 0 N–H and O–H groups in total. The lowest BCUT2D eigenvalue weighted by molar-refractivity contribution is -0.120. The maximum Gasteiger partial charge on any atom is 0.136 e. The molecule has 12 heavy (non-hydrogen) atoms. The van der Waals surface area contributed by atoms with E-state index in [9.17, 15) is 4.79 Å². The van der Waals surface area contributed by atoms with Gasteiger partial charge in [-0.05, 0) is 32.6 Å². The molecule has 0 aromatic heterocycles. The highest BCUT2D eigenvalue weighted by Crippen LogP contribution is 2.27. The van der Waals surface area contributed by atoms with Crippen LogP contribution in [0, 0.1) is 5.92 Å². The van der Waals surface area contributed by atoms with Crippen LogP contribution in [0.5, 0.6) is 0 Å². The summed E-state index contributed by atoms with van der Waals surface area (Å²) in [6.07, 6.45) is 7.34. The maximum atomic E-state index is 11.3. The fraction of sp³-hybridized carbons (Fsp3) is 0.727. The van der Waals surface area contributed by atoms with Crippen molar-refractivity contribution in [3.63, 3.8) is 0 Å². The summed E-state index contributed by atoms with van der Waals surface area (Å²) in [5.41, 5.74) is 1.44. The van der Waals surface area contributed by atoms with E-state index in [2.05, 4.69) is 19.9 Å². The second-order valence-corrected chi connectivity index (χ2v) is 3.56. The van der Waals surface area contributed by atoms with Crippen LogP contribution in [0.15, 0.2) is 11.6 Å². The van der Waals surface area contributed by atoms with Crippen LogP contribution in [0.3, 0.4) is 0 Å². The third kappa shape index (κ3) is 2.20. The Labute approximate surface area is 74.9 Å². The molecule has 0 saturated heterocycles. The average Bonchev–Trinajstić information content (AvgIpc) is 2.47.